The largest absolute Gasteiger partial charge is 0.393 e. The van der Waals surface area contributed by atoms with Gasteiger partial charge in [-0.15, -0.1) is 0 Å². The van der Waals surface area contributed by atoms with Crippen LogP contribution < -0.4 is 5.32 Å². The van der Waals surface area contributed by atoms with E-state index in [1.54, 1.807) is 4.90 Å². The van der Waals surface area contributed by atoms with E-state index >= 15 is 0 Å². The number of hydrogen-bond acceptors (Lipinski definition) is 2. The molecule has 3 rings (SSSR count). The molecule has 0 unspecified atom stereocenters. The number of nitrogens with zero attached hydrogens (tertiary/aromatic N) is 1. The minimum atomic E-state index is -4.13. The summed E-state index contributed by atoms with van der Waals surface area (Å²) in [7, 11) is 0. The van der Waals surface area contributed by atoms with Crippen LogP contribution >= 0.6 is 0 Å². The summed E-state index contributed by atoms with van der Waals surface area (Å²) in [6, 6.07) is 5.97. The molecule has 3 nitrogen and oxygen atoms in total. The van der Waals surface area contributed by atoms with Gasteiger partial charge in [0.2, 0.25) is 5.91 Å². The first-order valence-corrected chi connectivity index (χ1v) is 8.62. The third kappa shape index (κ3) is 4.29. The molecule has 0 saturated carbocycles. The van der Waals surface area contributed by atoms with Crippen molar-refractivity contribution in [2.24, 2.45) is 5.92 Å². The molecule has 6 heteroatoms. The first-order chi connectivity index (χ1) is 11.4. The highest BCUT2D eigenvalue weighted by molar-refractivity contribution is 5.91. The summed E-state index contributed by atoms with van der Waals surface area (Å²) < 4.78 is 38.4. The predicted molar refractivity (Wildman–Crippen MR) is 86.9 cm³/mol. The molecule has 2 aliphatic rings. The van der Waals surface area contributed by atoms with Crippen LogP contribution in [-0.4, -0.2) is 36.6 Å². The van der Waals surface area contributed by atoms with Crippen molar-refractivity contribution >= 4 is 11.6 Å². The fraction of sp³-hybridized carbons (Fsp3) is 0.611. The molecule has 1 aromatic carbocycles. The van der Waals surface area contributed by atoms with Gasteiger partial charge in [-0.25, -0.2) is 0 Å². The average Bonchev–Trinajstić information content (AvgIpc) is 3.00. The Morgan fingerprint density at radius 3 is 2.79 bits per heavy atom. The molecule has 1 amide bonds. The number of nitrogens with one attached hydrogen (secondary N) is 1. The summed E-state index contributed by atoms with van der Waals surface area (Å²) in [4.78, 5) is 13.8. The van der Waals surface area contributed by atoms with E-state index in [-0.39, 0.29) is 25.3 Å². The van der Waals surface area contributed by atoms with E-state index in [0.717, 1.165) is 24.9 Å². The van der Waals surface area contributed by atoms with Gasteiger partial charge in [-0.2, -0.15) is 13.2 Å². The SMILES string of the molecule is O=C(CCN1CCC[C@@H](C(F)(F)F)C1)Nc1ccc2c(c1)CCC2. The van der Waals surface area contributed by atoms with Crippen molar-refractivity contribution in [1.29, 1.82) is 0 Å². The maximum Gasteiger partial charge on any atom is 0.393 e. The molecule has 1 fully saturated rings. The molecule has 1 aromatic rings. The van der Waals surface area contributed by atoms with E-state index in [0.29, 0.717) is 19.5 Å². The van der Waals surface area contributed by atoms with Gasteiger partial charge in [0.15, 0.2) is 0 Å². The Bertz CT molecular complexity index is 600. The van der Waals surface area contributed by atoms with Crippen LogP contribution in [-0.2, 0) is 17.6 Å². The number of piperidine rings is 1. The predicted octanol–water partition coefficient (Wildman–Crippen LogP) is 3.78. The monoisotopic (exact) mass is 340 g/mol. The quantitative estimate of drug-likeness (QED) is 0.905. The van der Waals surface area contributed by atoms with Crippen LogP contribution in [0.4, 0.5) is 18.9 Å². The summed E-state index contributed by atoms with van der Waals surface area (Å²) in [6.45, 7) is 1.03. The zero-order chi connectivity index (χ0) is 17.2. The van der Waals surface area contributed by atoms with Gasteiger partial charge in [0, 0.05) is 25.2 Å². The van der Waals surface area contributed by atoms with E-state index < -0.39 is 12.1 Å². The minimum Gasteiger partial charge on any atom is -0.326 e. The number of fused-ring (bicyclic) bond motifs is 1. The zero-order valence-corrected chi connectivity index (χ0v) is 13.7. The second-order valence-electron chi connectivity index (χ2n) is 6.82. The highest BCUT2D eigenvalue weighted by Gasteiger charge is 2.41. The van der Waals surface area contributed by atoms with Gasteiger partial charge in [0.1, 0.15) is 0 Å². The fourth-order valence-electron chi connectivity index (χ4n) is 3.66. The number of benzene rings is 1. The van der Waals surface area contributed by atoms with Crippen molar-refractivity contribution in [2.45, 2.75) is 44.7 Å². The van der Waals surface area contributed by atoms with E-state index in [9.17, 15) is 18.0 Å². The van der Waals surface area contributed by atoms with Crippen molar-refractivity contribution in [3.05, 3.63) is 29.3 Å². The van der Waals surface area contributed by atoms with Crippen molar-refractivity contribution in [2.75, 3.05) is 25.0 Å². The molecule has 1 aliphatic heterocycles. The zero-order valence-electron chi connectivity index (χ0n) is 13.7. The summed E-state index contributed by atoms with van der Waals surface area (Å²) >= 11 is 0. The van der Waals surface area contributed by atoms with Crippen LogP contribution in [0, 0.1) is 5.92 Å². The Kier molecular flexibility index (Phi) is 5.13. The number of anilines is 1. The number of alkyl halides is 3. The van der Waals surface area contributed by atoms with Crippen LogP contribution in [0.25, 0.3) is 0 Å². The molecule has 0 radical (unpaired) electrons. The van der Waals surface area contributed by atoms with Crippen LogP contribution in [0.3, 0.4) is 0 Å². The van der Waals surface area contributed by atoms with E-state index in [1.807, 2.05) is 12.1 Å². The standard InChI is InChI=1S/C18H23F3N2O/c19-18(20,21)15-5-2-9-23(12-15)10-8-17(24)22-16-7-6-13-3-1-4-14(13)11-16/h6-7,11,15H,1-5,8-10,12H2,(H,22,24)/t15-/m1/s1. The molecule has 1 heterocycles. The highest BCUT2D eigenvalue weighted by Crippen LogP contribution is 2.33. The summed E-state index contributed by atoms with van der Waals surface area (Å²) in [6.07, 6.45) is 0.123. The van der Waals surface area contributed by atoms with Gasteiger partial charge in [-0.1, -0.05) is 6.07 Å². The summed E-state index contributed by atoms with van der Waals surface area (Å²) in [5.74, 6) is -1.40. The molecule has 132 valence electrons. The minimum absolute atomic E-state index is 0.00955. The second kappa shape index (κ2) is 7.13. The van der Waals surface area contributed by atoms with Crippen LogP contribution in [0.5, 0.6) is 0 Å². The lowest BCUT2D eigenvalue weighted by molar-refractivity contribution is -0.186. The maximum absolute atomic E-state index is 12.8. The Hall–Kier alpha value is -1.56. The number of halogens is 3. The molecular formula is C18H23F3N2O. The van der Waals surface area contributed by atoms with Gasteiger partial charge in [0.25, 0.3) is 0 Å². The number of carbonyl (C=O) groups is 1. The molecule has 1 aliphatic carbocycles. The Balaban J connectivity index is 1.47. The number of likely N-dealkylation sites (tertiary alicyclic amines) is 1. The lowest BCUT2D eigenvalue weighted by Gasteiger charge is -2.33. The molecular weight excluding hydrogens is 317 g/mol. The summed E-state index contributed by atoms with van der Waals surface area (Å²) in [5.41, 5.74) is 3.42. The Morgan fingerprint density at radius 2 is 2.00 bits per heavy atom. The number of amides is 1. The first kappa shape index (κ1) is 17.3. The fourth-order valence-corrected chi connectivity index (χ4v) is 3.66. The lowest BCUT2D eigenvalue weighted by atomic mass is 9.97. The van der Waals surface area contributed by atoms with Gasteiger partial charge >= 0.3 is 6.18 Å². The molecule has 1 atom stereocenters. The van der Waals surface area contributed by atoms with Crippen LogP contribution in [0.15, 0.2) is 18.2 Å². The third-order valence-electron chi connectivity index (χ3n) is 5.01. The average molecular weight is 340 g/mol. The van der Waals surface area contributed by atoms with Crippen molar-refractivity contribution in [1.82, 2.24) is 4.90 Å². The normalized spacial score (nSPS) is 21.5. The number of hydrogen-bond donors (Lipinski definition) is 1. The molecule has 24 heavy (non-hydrogen) atoms. The third-order valence-corrected chi connectivity index (χ3v) is 5.01. The van der Waals surface area contributed by atoms with Gasteiger partial charge in [-0.05, 0) is 61.9 Å². The van der Waals surface area contributed by atoms with Gasteiger partial charge in [0.05, 0.1) is 5.92 Å². The van der Waals surface area contributed by atoms with Crippen molar-refractivity contribution < 1.29 is 18.0 Å². The van der Waals surface area contributed by atoms with Crippen molar-refractivity contribution in [3.63, 3.8) is 0 Å². The molecule has 1 saturated heterocycles. The molecule has 1 N–H and O–H groups in total. The van der Waals surface area contributed by atoms with E-state index in [2.05, 4.69) is 11.4 Å². The van der Waals surface area contributed by atoms with Crippen LogP contribution in [0.2, 0.25) is 0 Å². The number of carbonyl (C=O) groups excluding carboxylic acids is 1. The lowest BCUT2D eigenvalue weighted by Crippen LogP contribution is -2.42. The highest BCUT2D eigenvalue weighted by atomic mass is 19.4. The summed E-state index contributed by atoms with van der Waals surface area (Å²) in [5, 5.41) is 2.86. The molecule has 0 spiro atoms. The molecule has 0 bridgehead atoms. The van der Waals surface area contributed by atoms with Crippen LogP contribution in [0.1, 0.15) is 36.8 Å². The smallest absolute Gasteiger partial charge is 0.326 e. The number of aryl methyl sites for hydroxylation is 2. The second-order valence-corrected chi connectivity index (χ2v) is 6.82. The van der Waals surface area contributed by atoms with Gasteiger partial charge in [-0.3, -0.25) is 4.79 Å². The van der Waals surface area contributed by atoms with E-state index in [1.165, 1.54) is 11.1 Å². The topological polar surface area (TPSA) is 32.3 Å². The number of rotatable bonds is 4. The molecule has 0 aromatic heterocycles. The van der Waals surface area contributed by atoms with Crippen molar-refractivity contribution in [3.8, 4) is 0 Å². The maximum atomic E-state index is 12.8. The Labute approximate surface area is 140 Å². The van der Waals surface area contributed by atoms with Gasteiger partial charge < -0.3 is 10.2 Å². The first-order valence-electron chi connectivity index (χ1n) is 8.62. The van der Waals surface area contributed by atoms with E-state index in [4.69, 9.17) is 0 Å². The Morgan fingerprint density at radius 1 is 1.21 bits per heavy atom.